The van der Waals surface area contributed by atoms with Crippen molar-refractivity contribution >= 4 is 5.78 Å². The van der Waals surface area contributed by atoms with E-state index in [-0.39, 0.29) is 17.7 Å². The Bertz CT molecular complexity index is 186. The van der Waals surface area contributed by atoms with Gasteiger partial charge in [-0.2, -0.15) is 0 Å². The minimum atomic E-state index is 0.0625. The SMILES string of the molecule is C=C(C)C(=O)[C@H]1CCC[C@H]1N. The largest absolute Gasteiger partial charge is 0.327 e. The zero-order valence-electron chi connectivity index (χ0n) is 6.97. The second-order valence-electron chi connectivity index (χ2n) is 3.35. The van der Waals surface area contributed by atoms with Gasteiger partial charge in [-0.1, -0.05) is 13.0 Å². The predicted octanol–water partition coefficient (Wildman–Crippen LogP) is 1.26. The fraction of sp³-hybridized carbons (Fsp3) is 0.667. The summed E-state index contributed by atoms with van der Waals surface area (Å²) in [7, 11) is 0. The van der Waals surface area contributed by atoms with Gasteiger partial charge in [0.05, 0.1) is 0 Å². The van der Waals surface area contributed by atoms with Crippen molar-refractivity contribution in [2.24, 2.45) is 11.7 Å². The molecule has 2 atom stereocenters. The third-order valence-electron chi connectivity index (χ3n) is 2.33. The van der Waals surface area contributed by atoms with Crippen molar-refractivity contribution in [3.05, 3.63) is 12.2 Å². The molecule has 0 saturated heterocycles. The van der Waals surface area contributed by atoms with Crippen molar-refractivity contribution in [2.45, 2.75) is 32.2 Å². The van der Waals surface area contributed by atoms with E-state index >= 15 is 0 Å². The van der Waals surface area contributed by atoms with E-state index in [1.165, 1.54) is 0 Å². The molecule has 0 amide bonds. The average molecular weight is 153 g/mol. The lowest BCUT2D eigenvalue weighted by Crippen LogP contribution is -2.30. The van der Waals surface area contributed by atoms with Crippen LogP contribution in [0.3, 0.4) is 0 Å². The van der Waals surface area contributed by atoms with Crippen molar-refractivity contribution in [3.63, 3.8) is 0 Å². The van der Waals surface area contributed by atoms with Crippen LogP contribution in [0.5, 0.6) is 0 Å². The summed E-state index contributed by atoms with van der Waals surface area (Å²) in [5.41, 5.74) is 6.40. The quantitative estimate of drug-likeness (QED) is 0.607. The Kier molecular flexibility index (Phi) is 2.45. The van der Waals surface area contributed by atoms with Gasteiger partial charge >= 0.3 is 0 Å². The van der Waals surface area contributed by atoms with Crippen molar-refractivity contribution in [1.82, 2.24) is 0 Å². The van der Waals surface area contributed by atoms with Gasteiger partial charge in [0.15, 0.2) is 5.78 Å². The van der Waals surface area contributed by atoms with E-state index in [4.69, 9.17) is 5.73 Å². The van der Waals surface area contributed by atoms with E-state index in [1.807, 2.05) is 0 Å². The number of nitrogens with two attached hydrogens (primary N) is 1. The maximum atomic E-state index is 11.4. The van der Waals surface area contributed by atoms with Gasteiger partial charge in [-0.15, -0.1) is 0 Å². The highest BCUT2D eigenvalue weighted by atomic mass is 16.1. The molecule has 0 radical (unpaired) electrons. The Labute approximate surface area is 67.5 Å². The molecular formula is C9H15NO. The number of hydrogen-bond donors (Lipinski definition) is 1. The zero-order valence-corrected chi connectivity index (χ0v) is 6.97. The number of allylic oxidation sites excluding steroid dienone is 1. The van der Waals surface area contributed by atoms with E-state index in [2.05, 4.69) is 6.58 Å². The first-order valence-electron chi connectivity index (χ1n) is 4.08. The van der Waals surface area contributed by atoms with Crippen LogP contribution in [-0.2, 0) is 4.79 Å². The summed E-state index contributed by atoms with van der Waals surface area (Å²) < 4.78 is 0. The van der Waals surface area contributed by atoms with Gasteiger partial charge in [0.25, 0.3) is 0 Å². The first-order valence-corrected chi connectivity index (χ1v) is 4.08. The fourth-order valence-electron chi connectivity index (χ4n) is 1.63. The standard InChI is InChI=1S/C9H15NO/c1-6(2)9(11)7-4-3-5-8(7)10/h7-8H,1,3-5,10H2,2H3/t7-,8+/m0/s1. The van der Waals surface area contributed by atoms with Gasteiger partial charge in [-0.05, 0) is 25.3 Å². The van der Waals surface area contributed by atoms with Crippen LogP contribution in [0.1, 0.15) is 26.2 Å². The smallest absolute Gasteiger partial charge is 0.162 e. The maximum absolute atomic E-state index is 11.4. The first kappa shape index (κ1) is 8.47. The van der Waals surface area contributed by atoms with Crippen LogP contribution in [0.15, 0.2) is 12.2 Å². The summed E-state index contributed by atoms with van der Waals surface area (Å²) in [6.07, 6.45) is 3.03. The fourth-order valence-corrected chi connectivity index (χ4v) is 1.63. The van der Waals surface area contributed by atoms with Gasteiger partial charge in [0, 0.05) is 12.0 Å². The summed E-state index contributed by atoms with van der Waals surface area (Å²) in [5, 5.41) is 0. The predicted molar refractivity (Wildman–Crippen MR) is 45.1 cm³/mol. The van der Waals surface area contributed by atoms with E-state index in [0.29, 0.717) is 5.57 Å². The van der Waals surface area contributed by atoms with Crippen LogP contribution in [0.4, 0.5) is 0 Å². The lowest BCUT2D eigenvalue weighted by molar-refractivity contribution is -0.119. The third kappa shape index (κ3) is 1.69. The molecule has 1 aliphatic rings. The molecule has 1 saturated carbocycles. The van der Waals surface area contributed by atoms with Crippen LogP contribution in [0.2, 0.25) is 0 Å². The number of Topliss-reactive ketones (excluding diaryl/α,β-unsaturated/α-hetero) is 1. The summed E-state index contributed by atoms with van der Waals surface area (Å²) in [4.78, 5) is 11.4. The number of carbonyl (C=O) groups is 1. The molecule has 62 valence electrons. The normalized spacial score (nSPS) is 30.4. The molecule has 0 aromatic rings. The molecule has 0 heterocycles. The molecule has 2 N–H and O–H groups in total. The van der Waals surface area contributed by atoms with Gasteiger partial charge in [0.2, 0.25) is 0 Å². The third-order valence-corrected chi connectivity index (χ3v) is 2.33. The lowest BCUT2D eigenvalue weighted by Gasteiger charge is -2.12. The molecule has 11 heavy (non-hydrogen) atoms. The van der Waals surface area contributed by atoms with E-state index in [1.54, 1.807) is 6.92 Å². The molecule has 0 aromatic heterocycles. The Hall–Kier alpha value is -0.630. The highest BCUT2D eigenvalue weighted by molar-refractivity contribution is 5.96. The van der Waals surface area contributed by atoms with E-state index in [0.717, 1.165) is 19.3 Å². The topological polar surface area (TPSA) is 43.1 Å². The van der Waals surface area contributed by atoms with Gasteiger partial charge < -0.3 is 5.73 Å². The van der Waals surface area contributed by atoms with Crippen LogP contribution in [0, 0.1) is 5.92 Å². The van der Waals surface area contributed by atoms with Crippen molar-refractivity contribution in [3.8, 4) is 0 Å². The minimum Gasteiger partial charge on any atom is -0.327 e. The molecule has 0 unspecified atom stereocenters. The summed E-state index contributed by atoms with van der Waals surface area (Å²) in [5.74, 6) is 0.225. The molecule has 0 aromatic carbocycles. The molecule has 2 nitrogen and oxygen atoms in total. The minimum absolute atomic E-state index is 0.0625. The summed E-state index contributed by atoms with van der Waals surface area (Å²) in [6, 6.07) is 0.0826. The van der Waals surface area contributed by atoms with Gasteiger partial charge in [0.1, 0.15) is 0 Å². The first-order chi connectivity index (χ1) is 5.13. The molecule has 1 aliphatic carbocycles. The van der Waals surface area contributed by atoms with E-state index in [9.17, 15) is 4.79 Å². The number of rotatable bonds is 2. The molecule has 1 rings (SSSR count). The van der Waals surface area contributed by atoms with Crippen LogP contribution in [0.25, 0.3) is 0 Å². The molecular weight excluding hydrogens is 138 g/mol. The van der Waals surface area contributed by atoms with Gasteiger partial charge in [-0.3, -0.25) is 4.79 Å². The zero-order chi connectivity index (χ0) is 8.43. The average Bonchev–Trinajstić information content (AvgIpc) is 2.33. The molecule has 2 heteroatoms. The molecule has 0 bridgehead atoms. The second kappa shape index (κ2) is 3.18. The Morgan fingerprint density at radius 3 is 2.55 bits per heavy atom. The molecule has 0 spiro atoms. The van der Waals surface area contributed by atoms with Crippen molar-refractivity contribution < 1.29 is 4.79 Å². The van der Waals surface area contributed by atoms with Crippen LogP contribution < -0.4 is 5.73 Å². The number of carbonyl (C=O) groups excluding carboxylic acids is 1. The molecule has 1 fully saturated rings. The summed E-state index contributed by atoms with van der Waals surface area (Å²) >= 11 is 0. The highest BCUT2D eigenvalue weighted by Gasteiger charge is 2.29. The monoisotopic (exact) mass is 153 g/mol. The summed E-state index contributed by atoms with van der Waals surface area (Å²) in [6.45, 7) is 5.39. The van der Waals surface area contributed by atoms with E-state index < -0.39 is 0 Å². The Morgan fingerprint density at radius 1 is 1.55 bits per heavy atom. The van der Waals surface area contributed by atoms with Crippen LogP contribution in [-0.4, -0.2) is 11.8 Å². The second-order valence-corrected chi connectivity index (χ2v) is 3.35. The Morgan fingerprint density at radius 2 is 2.18 bits per heavy atom. The highest BCUT2D eigenvalue weighted by Crippen LogP contribution is 2.26. The maximum Gasteiger partial charge on any atom is 0.162 e. The lowest BCUT2D eigenvalue weighted by atomic mass is 9.95. The molecule has 0 aliphatic heterocycles. The number of hydrogen-bond acceptors (Lipinski definition) is 2. The number of ketones is 1. The van der Waals surface area contributed by atoms with Gasteiger partial charge in [-0.25, -0.2) is 0 Å². The van der Waals surface area contributed by atoms with Crippen molar-refractivity contribution in [2.75, 3.05) is 0 Å². The van der Waals surface area contributed by atoms with Crippen LogP contribution >= 0.6 is 0 Å². The van der Waals surface area contributed by atoms with Crippen molar-refractivity contribution in [1.29, 1.82) is 0 Å². The Balaban J connectivity index is 2.60.